The molecular weight excluding hydrogens is 224 g/mol. The number of hydrogen-bond donors (Lipinski definition) is 0. The lowest BCUT2D eigenvalue weighted by Gasteiger charge is -2.32. The third-order valence-electron chi connectivity index (χ3n) is 3.03. The molecule has 0 saturated carbocycles. The van der Waals surface area contributed by atoms with Gasteiger partial charge in [0, 0.05) is 25.5 Å². The molecule has 96 valence electrons. The molecule has 0 bridgehead atoms. The van der Waals surface area contributed by atoms with Gasteiger partial charge in [-0.25, -0.2) is 0 Å². The summed E-state index contributed by atoms with van der Waals surface area (Å²) in [5, 5.41) is 0. The molecular formula is C12H25ClN2O. The van der Waals surface area contributed by atoms with Crippen LogP contribution in [0.2, 0.25) is 0 Å². The van der Waals surface area contributed by atoms with E-state index in [0.717, 1.165) is 45.1 Å². The monoisotopic (exact) mass is 248 g/mol. The molecule has 1 atom stereocenters. The number of nitrogens with zero attached hydrogens (tertiary/aromatic N) is 2. The van der Waals surface area contributed by atoms with Crippen LogP contribution in [-0.2, 0) is 4.74 Å². The van der Waals surface area contributed by atoms with Crippen molar-refractivity contribution in [1.82, 2.24) is 9.80 Å². The molecule has 0 aromatic carbocycles. The number of ether oxygens (including phenoxy) is 1. The van der Waals surface area contributed by atoms with Crippen LogP contribution in [0.4, 0.5) is 0 Å². The Hall–Kier alpha value is 0.170. The van der Waals surface area contributed by atoms with Crippen molar-refractivity contribution >= 4 is 11.6 Å². The Morgan fingerprint density at radius 3 is 2.88 bits per heavy atom. The predicted octanol–water partition coefficient (Wildman–Crippen LogP) is 1.66. The summed E-state index contributed by atoms with van der Waals surface area (Å²) in [5.41, 5.74) is 0. The molecule has 0 aromatic rings. The van der Waals surface area contributed by atoms with Crippen LogP contribution in [0, 0.1) is 0 Å². The standard InChI is InChI=1S/C12H25ClN2O/c1-14(7-5-3-4-6-13)10-12-11-15(2)8-9-16-12/h12H,3-11H2,1-2H3. The van der Waals surface area contributed by atoms with Crippen molar-refractivity contribution in [3.8, 4) is 0 Å². The quantitative estimate of drug-likeness (QED) is 0.504. The first-order valence-corrected chi connectivity index (χ1v) is 6.80. The predicted molar refractivity (Wildman–Crippen MR) is 69.3 cm³/mol. The molecule has 0 amide bonds. The minimum atomic E-state index is 0.386. The third-order valence-corrected chi connectivity index (χ3v) is 3.30. The van der Waals surface area contributed by atoms with Gasteiger partial charge in [-0.3, -0.25) is 0 Å². The number of unbranched alkanes of at least 4 members (excludes halogenated alkanes) is 2. The summed E-state index contributed by atoms with van der Waals surface area (Å²) in [6.07, 6.45) is 4.00. The fraction of sp³-hybridized carbons (Fsp3) is 1.00. The van der Waals surface area contributed by atoms with Gasteiger partial charge in [-0.2, -0.15) is 0 Å². The fourth-order valence-corrected chi connectivity index (χ4v) is 2.26. The number of likely N-dealkylation sites (N-methyl/N-ethyl adjacent to an activating group) is 2. The molecule has 1 unspecified atom stereocenters. The third kappa shape index (κ3) is 6.04. The molecule has 4 heteroatoms. The van der Waals surface area contributed by atoms with Gasteiger partial charge >= 0.3 is 0 Å². The molecule has 1 aliphatic rings. The van der Waals surface area contributed by atoms with Crippen molar-refractivity contribution in [3.63, 3.8) is 0 Å². The maximum Gasteiger partial charge on any atom is 0.0829 e. The van der Waals surface area contributed by atoms with E-state index in [1.54, 1.807) is 0 Å². The highest BCUT2D eigenvalue weighted by atomic mass is 35.5. The SMILES string of the molecule is CN(CCCCCCl)CC1CN(C)CCO1. The Morgan fingerprint density at radius 2 is 2.19 bits per heavy atom. The first-order valence-electron chi connectivity index (χ1n) is 6.27. The maximum atomic E-state index is 5.74. The summed E-state index contributed by atoms with van der Waals surface area (Å²) in [7, 11) is 4.34. The van der Waals surface area contributed by atoms with Crippen molar-refractivity contribution in [1.29, 1.82) is 0 Å². The van der Waals surface area contributed by atoms with Crippen molar-refractivity contribution < 1.29 is 4.74 Å². The second-order valence-corrected chi connectivity index (χ2v) is 5.14. The number of alkyl halides is 1. The van der Waals surface area contributed by atoms with E-state index in [2.05, 4.69) is 23.9 Å². The second kappa shape index (κ2) is 8.29. The highest BCUT2D eigenvalue weighted by molar-refractivity contribution is 6.17. The highest BCUT2D eigenvalue weighted by Crippen LogP contribution is 2.05. The average molecular weight is 249 g/mol. The normalized spacial score (nSPS) is 22.9. The molecule has 0 radical (unpaired) electrons. The Kier molecular flexibility index (Phi) is 7.37. The Morgan fingerprint density at radius 1 is 1.38 bits per heavy atom. The lowest BCUT2D eigenvalue weighted by Crippen LogP contribution is -2.45. The lowest BCUT2D eigenvalue weighted by atomic mass is 10.2. The van der Waals surface area contributed by atoms with Gasteiger partial charge in [0.15, 0.2) is 0 Å². The summed E-state index contributed by atoms with van der Waals surface area (Å²) in [5.74, 6) is 0.792. The maximum absolute atomic E-state index is 5.74. The van der Waals surface area contributed by atoms with Gasteiger partial charge in [0.25, 0.3) is 0 Å². The van der Waals surface area contributed by atoms with Crippen LogP contribution in [0.15, 0.2) is 0 Å². The fourth-order valence-electron chi connectivity index (χ4n) is 2.07. The van der Waals surface area contributed by atoms with Gasteiger partial charge in [0.2, 0.25) is 0 Å². The van der Waals surface area contributed by atoms with Crippen molar-refractivity contribution in [3.05, 3.63) is 0 Å². The number of rotatable bonds is 7. The molecule has 16 heavy (non-hydrogen) atoms. The molecule has 0 aromatic heterocycles. The average Bonchev–Trinajstić information content (AvgIpc) is 2.24. The Bertz CT molecular complexity index is 180. The van der Waals surface area contributed by atoms with Gasteiger partial charge < -0.3 is 14.5 Å². The first kappa shape index (κ1) is 14.2. The van der Waals surface area contributed by atoms with Crippen LogP contribution in [0.1, 0.15) is 19.3 Å². The smallest absolute Gasteiger partial charge is 0.0829 e. The topological polar surface area (TPSA) is 15.7 Å². The van der Waals surface area contributed by atoms with E-state index in [9.17, 15) is 0 Å². The van der Waals surface area contributed by atoms with Crippen LogP contribution in [0.25, 0.3) is 0 Å². The van der Waals surface area contributed by atoms with E-state index in [1.165, 1.54) is 12.8 Å². The summed E-state index contributed by atoms with van der Waals surface area (Å²) < 4.78 is 5.74. The van der Waals surface area contributed by atoms with Gasteiger partial charge in [-0.15, -0.1) is 11.6 Å². The van der Waals surface area contributed by atoms with Crippen molar-refractivity contribution in [2.75, 3.05) is 52.8 Å². The molecule has 1 saturated heterocycles. The molecule has 1 rings (SSSR count). The van der Waals surface area contributed by atoms with Crippen LogP contribution in [-0.4, -0.2) is 68.7 Å². The summed E-state index contributed by atoms with van der Waals surface area (Å²) in [4.78, 5) is 4.72. The minimum Gasteiger partial charge on any atom is -0.374 e. The highest BCUT2D eigenvalue weighted by Gasteiger charge is 2.18. The van der Waals surface area contributed by atoms with Gasteiger partial charge in [0.1, 0.15) is 0 Å². The second-order valence-electron chi connectivity index (χ2n) is 4.77. The number of hydrogen-bond acceptors (Lipinski definition) is 3. The van der Waals surface area contributed by atoms with E-state index >= 15 is 0 Å². The molecule has 0 N–H and O–H groups in total. The zero-order valence-electron chi connectivity index (χ0n) is 10.6. The summed E-state index contributed by atoms with van der Waals surface area (Å²) in [6, 6.07) is 0. The molecule has 1 aliphatic heterocycles. The zero-order valence-corrected chi connectivity index (χ0v) is 11.4. The first-order chi connectivity index (χ1) is 7.72. The molecule has 0 spiro atoms. The van der Waals surface area contributed by atoms with Gasteiger partial charge in [-0.1, -0.05) is 6.42 Å². The summed E-state index contributed by atoms with van der Waals surface area (Å²) >= 11 is 5.65. The number of halogens is 1. The van der Waals surface area contributed by atoms with Crippen LogP contribution >= 0.6 is 11.6 Å². The van der Waals surface area contributed by atoms with E-state index in [-0.39, 0.29) is 0 Å². The molecule has 1 fully saturated rings. The molecule has 0 aliphatic carbocycles. The Labute approximate surface area is 105 Å². The summed E-state index contributed by atoms with van der Waals surface area (Å²) in [6.45, 7) is 5.20. The lowest BCUT2D eigenvalue weighted by molar-refractivity contribution is -0.0325. The molecule has 1 heterocycles. The van der Waals surface area contributed by atoms with E-state index in [1.807, 2.05) is 0 Å². The van der Waals surface area contributed by atoms with Gasteiger partial charge in [0.05, 0.1) is 12.7 Å². The minimum absolute atomic E-state index is 0.386. The molecule has 3 nitrogen and oxygen atoms in total. The van der Waals surface area contributed by atoms with Crippen molar-refractivity contribution in [2.45, 2.75) is 25.4 Å². The number of morpholine rings is 1. The van der Waals surface area contributed by atoms with Crippen LogP contribution in [0.5, 0.6) is 0 Å². The zero-order chi connectivity index (χ0) is 11.8. The van der Waals surface area contributed by atoms with Crippen LogP contribution < -0.4 is 0 Å². The van der Waals surface area contributed by atoms with E-state index in [0.29, 0.717) is 6.10 Å². The van der Waals surface area contributed by atoms with Crippen LogP contribution in [0.3, 0.4) is 0 Å². The Balaban J connectivity index is 2.06. The largest absolute Gasteiger partial charge is 0.374 e. The van der Waals surface area contributed by atoms with Crippen molar-refractivity contribution in [2.24, 2.45) is 0 Å². The van der Waals surface area contributed by atoms with E-state index in [4.69, 9.17) is 16.3 Å². The van der Waals surface area contributed by atoms with E-state index < -0.39 is 0 Å². The van der Waals surface area contributed by atoms with Gasteiger partial charge in [-0.05, 0) is 33.5 Å².